The van der Waals surface area contributed by atoms with E-state index in [1.807, 2.05) is 13.1 Å². The Labute approximate surface area is 104 Å². The predicted molar refractivity (Wildman–Crippen MR) is 62.2 cm³/mol. The third kappa shape index (κ3) is 1.73. The second kappa shape index (κ2) is 3.98. The van der Waals surface area contributed by atoms with Crippen LogP contribution in [0.3, 0.4) is 0 Å². The molecule has 0 aromatic heterocycles. The van der Waals surface area contributed by atoms with Crippen LogP contribution < -0.4 is 4.74 Å². The lowest BCUT2D eigenvalue weighted by atomic mass is 9.95. The van der Waals surface area contributed by atoms with Gasteiger partial charge in [-0.05, 0) is 25.2 Å². The molecule has 1 fully saturated rings. The molecule has 0 spiro atoms. The van der Waals surface area contributed by atoms with Gasteiger partial charge in [0.05, 0.1) is 12.6 Å². The molecule has 90 valence electrons. The van der Waals surface area contributed by atoms with Crippen LogP contribution in [0.5, 0.6) is 5.75 Å². The Kier molecular flexibility index (Phi) is 2.58. The number of carbonyl (C=O) groups excluding carboxylic acids is 1. The molecule has 17 heavy (non-hydrogen) atoms. The Bertz CT molecular complexity index is 477. The summed E-state index contributed by atoms with van der Waals surface area (Å²) in [5.74, 6) is 0.259. The van der Waals surface area contributed by atoms with Crippen molar-refractivity contribution in [1.82, 2.24) is 4.90 Å². The number of esters is 1. The second-order valence-electron chi connectivity index (χ2n) is 4.32. The summed E-state index contributed by atoms with van der Waals surface area (Å²) < 4.78 is 10.8. The number of nitrogens with zero attached hydrogens (tertiary/aromatic N) is 1. The summed E-state index contributed by atoms with van der Waals surface area (Å²) in [4.78, 5) is 13.9. The van der Waals surface area contributed by atoms with Gasteiger partial charge in [-0.3, -0.25) is 4.90 Å². The average Bonchev–Trinajstić information content (AvgIpc) is 2.30. The monoisotopic (exact) mass is 253 g/mol. The van der Waals surface area contributed by atoms with Gasteiger partial charge in [0.25, 0.3) is 0 Å². The van der Waals surface area contributed by atoms with Gasteiger partial charge in [0.2, 0.25) is 0 Å². The topological polar surface area (TPSA) is 38.8 Å². The van der Waals surface area contributed by atoms with Gasteiger partial charge in [-0.25, -0.2) is 4.79 Å². The van der Waals surface area contributed by atoms with Crippen molar-refractivity contribution in [3.63, 3.8) is 0 Å². The van der Waals surface area contributed by atoms with Crippen molar-refractivity contribution in [1.29, 1.82) is 0 Å². The molecule has 5 heteroatoms. The van der Waals surface area contributed by atoms with Crippen molar-refractivity contribution in [2.75, 3.05) is 20.2 Å². The number of ether oxygens (including phenoxy) is 2. The fourth-order valence-corrected chi connectivity index (χ4v) is 2.57. The third-order valence-electron chi connectivity index (χ3n) is 3.24. The molecule has 0 aliphatic carbocycles. The fraction of sp³-hybridized carbons (Fsp3) is 0.417. The molecule has 1 aromatic rings. The lowest BCUT2D eigenvalue weighted by Crippen LogP contribution is -2.50. The first kappa shape index (κ1) is 11.0. The Morgan fingerprint density at radius 3 is 3.12 bits per heavy atom. The van der Waals surface area contributed by atoms with E-state index in [9.17, 15) is 4.79 Å². The molecule has 2 aliphatic heterocycles. The number of halogens is 1. The molecule has 0 bridgehead atoms. The van der Waals surface area contributed by atoms with Gasteiger partial charge >= 0.3 is 5.97 Å². The Morgan fingerprint density at radius 1 is 1.47 bits per heavy atom. The molecule has 0 N–H and O–H groups in total. The number of benzene rings is 1. The minimum absolute atomic E-state index is 0.0984. The number of hydrogen-bond donors (Lipinski definition) is 0. The average molecular weight is 254 g/mol. The largest absolute Gasteiger partial charge is 0.424 e. The van der Waals surface area contributed by atoms with E-state index >= 15 is 0 Å². The van der Waals surface area contributed by atoms with Crippen LogP contribution in [0.1, 0.15) is 11.6 Å². The zero-order valence-corrected chi connectivity index (χ0v) is 10.1. The number of morpholine rings is 1. The molecule has 0 amide bonds. The quantitative estimate of drug-likeness (QED) is 0.520. The Hall–Kier alpha value is -1.10. The van der Waals surface area contributed by atoms with Crippen LogP contribution in [-0.2, 0) is 9.53 Å². The van der Waals surface area contributed by atoms with E-state index in [-0.39, 0.29) is 12.0 Å². The molecule has 2 heterocycles. The highest BCUT2D eigenvalue weighted by Gasteiger charge is 2.43. The smallest absolute Gasteiger partial charge is 0.342 e. The van der Waals surface area contributed by atoms with Gasteiger partial charge in [0.1, 0.15) is 5.75 Å². The van der Waals surface area contributed by atoms with Crippen LogP contribution in [0.15, 0.2) is 18.2 Å². The minimum Gasteiger partial charge on any atom is -0.424 e. The van der Waals surface area contributed by atoms with Crippen molar-refractivity contribution in [3.05, 3.63) is 28.8 Å². The number of rotatable bonds is 0. The molecule has 1 saturated heterocycles. The van der Waals surface area contributed by atoms with Crippen LogP contribution in [0.2, 0.25) is 5.02 Å². The zero-order chi connectivity index (χ0) is 12.0. The molecular weight excluding hydrogens is 242 g/mol. The van der Waals surface area contributed by atoms with Crippen molar-refractivity contribution >= 4 is 17.6 Å². The first-order chi connectivity index (χ1) is 8.16. The lowest BCUT2D eigenvalue weighted by molar-refractivity contribution is -0.162. The van der Waals surface area contributed by atoms with Crippen molar-refractivity contribution < 1.29 is 14.3 Å². The van der Waals surface area contributed by atoms with Crippen molar-refractivity contribution in [3.8, 4) is 5.75 Å². The standard InChI is InChI=1S/C12H12ClNO3/c1-14-4-5-16-11-10(14)8-6-7(13)2-3-9(8)17-12(11)15/h2-3,6,10-11H,4-5H2,1H3. The van der Waals surface area contributed by atoms with Crippen LogP contribution in [-0.4, -0.2) is 37.2 Å². The summed E-state index contributed by atoms with van der Waals surface area (Å²) >= 11 is 5.99. The molecular formula is C12H12ClNO3. The molecule has 1 aromatic carbocycles. The van der Waals surface area contributed by atoms with Crippen LogP contribution in [0.4, 0.5) is 0 Å². The summed E-state index contributed by atoms with van der Waals surface area (Å²) in [6.07, 6.45) is -0.542. The predicted octanol–water partition coefficient (Wildman–Crippen LogP) is 1.63. The maximum Gasteiger partial charge on any atom is 0.342 e. The molecule has 0 saturated carbocycles. The summed E-state index contributed by atoms with van der Waals surface area (Å²) in [6, 6.07) is 5.19. The fourth-order valence-electron chi connectivity index (χ4n) is 2.39. The van der Waals surface area contributed by atoms with Crippen LogP contribution in [0, 0.1) is 0 Å². The minimum atomic E-state index is -0.542. The third-order valence-corrected chi connectivity index (χ3v) is 3.47. The van der Waals surface area contributed by atoms with E-state index in [2.05, 4.69) is 4.90 Å². The number of carbonyl (C=O) groups is 1. The van der Waals surface area contributed by atoms with Gasteiger partial charge in [0, 0.05) is 17.1 Å². The summed E-state index contributed by atoms with van der Waals surface area (Å²) in [6.45, 7) is 1.34. The van der Waals surface area contributed by atoms with E-state index < -0.39 is 6.10 Å². The SMILES string of the molecule is CN1CCOC2C(=O)Oc3ccc(Cl)cc3C21. The first-order valence-electron chi connectivity index (χ1n) is 5.50. The number of hydrogen-bond acceptors (Lipinski definition) is 4. The zero-order valence-electron chi connectivity index (χ0n) is 9.35. The Morgan fingerprint density at radius 2 is 2.29 bits per heavy atom. The van der Waals surface area contributed by atoms with Gasteiger partial charge in [-0.15, -0.1) is 0 Å². The molecule has 2 aliphatic rings. The van der Waals surface area contributed by atoms with E-state index in [4.69, 9.17) is 21.1 Å². The summed E-state index contributed by atoms with van der Waals surface area (Å²) in [5.41, 5.74) is 0.921. The molecule has 0 radical (unpaired) electrons. The highest BCUT2D eigenvalue weighted by atomic mass is 35.5. The Balaban J connectivity index is 2.11. The number of likely N-dealkylation sites (N-methyl/N-ethyl adjacent to an activating group) is 1. The van der Waals surface area contributed by atoms with E-state index in [1.165, 1.54) is 0 Å². The van der Waals surface area contributed by atoms with Crippen LogP contribution >= 0.6 is 11.6 Å². The maximum absolute atomic E-state index is 11.8. The normalized spacial score (nSPS) is 28.2. The number of fused-ring (bicyclic) bond motifs is 3. The molecule has 4 nitrogen and oxygen atoms in total. The second-order valence-corrected chi connectivity index (χ2v) is 4.76. The molecule has 2 unspecified atom stereocenters. The maximum atomic E-state index is 11.8. The first-order valence-corrected chi connectivity index (χ1v) is 5.87. The van der Waals surface area contributed by atoms with E-state index in [0.29, 0.717) is 17.4 Å². The summed E-state index contributed by atoms with van der Waals surface area (Å²) in [7, 11) is 1.98. The van der Waals surface area contributed by atoms with Gasteiger partial charge in [0.15, 0.2) is 6.10 Å². The van der Waals surface area contributed by atoms with Crippen molar-refractivity contribution in [2.24, 2.45) is 0 Å². The van der Waals surface area contributed by atoms with Crippen LogP contribution in [0.25, 0.3) is 0 Å². The highest BCUT2D eigenvalue weighted by Crippen LogP contribution is 2.40. The molecule has 2 atom stereocenters. The van der Waals surface area contributed by atoms with Gasteiger partial charge in [-0.1, -0.05) is 11.6 Å². The highest BCUT2D eigenvalue weighted by molar-refractivity contribution is 6.30. The van der Waals surface area contributed by atoms with E-state index in [0.717, 1.165) is 12.1 Å². The van der Waals surface area contributed by atoms with Crippen molar-refractivity contribution in [2.45, 2.75) is 12.1 Å². The van der Waals surface area contributed by atoms with Gasteiger partial charge < -0.3 is 9.47 Å². The molecule has 3 rings (SSSR count). The summed E-state index contributed by atoms with van der Waals surface area (Å²) in [5, 5.41) is 0.638. The lowest BCUT2D eigenvalue weighted by Gasteiger charge is -2.41. The van der Waals surface area contributed by atoms with E-state index in [1.54, 1.807) is 12.1 Å². The van der Waals surface area contributed by atoms with Gasteiger partial charge in [-0.2, -0.15) is 0 Å².